The molecule has 0 aliphatic heterocycles. The molecule has 0 saturated carbocycles. The van der Waals surface area contributed by atoms with E-state index in [4.69, 9.17) is 5.26 Å². The van der Waals surface area contributed by atoms with Gasteiger partial charge in [0.25, 0.3) is 0 Å². The van der Waals surface area contributed by atoms with Crippen molar-refractivity contribution >= 4 is 0 Å². The van der Waals surface area contributed by atoms with E-state index in [1.54, 1.807) is 0 Å². The molecular formula is C10H14O2. The molecule has 1 rings (SSSR count). The molecule has 0 spiro atoms. The monoisotopic (exact) mass is 166 g/mol. The molecule has 12 heavy (non-hydrogen) atoms. The lowest BCUT2D eigenvalue weighted by molar-refractivity contribution is -0.253. The Morgan fingerprint density at radius 1 is 1.08 bits per heavy atom. The molecule has 1 aromatic rings. The van der Waals surface area contributed by atoms with Crippen LogP contribution in [0.2, 0.25) is 0 Å². The highest BCUT2D eigenvalue weighted by atomic mass is 17.1. The highest BCUT2D eigenvalue weighted by molar-refractivity contribution is 5.35. The van der Waals surface area contributed by atoms with Gasteiger partial charge in [0.1, 0.15) is 6.61 Å². The van der Waals surface area contributed by atoms with E-state index in [1.807, 2.05) is 13.0 Å². The van der Waals surface area contributed by atoms with Crippen LogP contribution in [0.5, 0.6) is 0 Å². The summed E-state index contributed by atoms with van der Waals surface area (Å²) < 4.78 is 0. The fourth-order valence-electron chi connectivity index (χ4n) is 1.25. The highest BCUT2D eigenvalue weighted by Crippen LogP contribution is 2.15. The smallest absolute Gasteiger partial charge is 0.107 e. The van der Waals surface area contributed by atoms with Crippen molar-refractivity contribution in [2.24, 2.45) is 0 Å². The maximum Gasteiger partial charge on any atom is 0.107 e. The summed E-state index contributed by atoms with van der Waals surface area (Å²) in [5, 5.41) is 8.30. The quantitative estimate of drug-likeness (QED) is 0.540. The number of benzene rings is 1. The van der Waals surface area contributed by atoms with Crippen LogP contribution >= 0.6 is 0 Å². The van der Waals surface area contributed by atoms with Gasteiger partial charge in [-0.25, -0.2) is 4.89 Å². The zero-order valence-corrected chi connectivity index (χ0v) is 7.72. The Labute approximate surface area is 72.7 Å². The fourth-order valence-corrected chi connectivity index (χ4v) is 1.25. The molecule has 0 saturated heterocycles. The Morgan fingerprint density at radius 3 is 2.25 bits per heavy atom. The van der Waals surface area contributed by atoms with Crippen molar-refractivity contribution < 1.29 is 10.1 Å². The fraction of sp³-hybridized carbons (Fsp3) is 0.400. The second-order valence-corrected chi connectivity index (χ2v) is 3.14. The average Bonchev–Trinajstić information content (AvgIpc) is 2.01. The lowest BCUT2D eigenvalue weighted by Gasteiger charge is -2.07. The molecule has 0 radical (unpaired) electrons. The lowest BCUT2D eigenvalue weighted by atomic mass is 10.0. The molecule has 0 fully saturated rings. The Kier molecular flexibility index (Phi) is 2.84. The molecule has 0 aliphatic rings. The summed E-state index contributed by atoms with van der Waals surface area (Å²) in [6.07, 6.45) is 0. The van der Waals surface area contributed by atoms with Crippen LogP contribution in [-0.4, -0.2) is 5.26 Å². The second-order valence-electron chi connectivity index (χ2n) is 3.14. The first-order valence-corrected chi connectivity index (χ1v) is 3.98. The van der Waals surface area contributed by atoms with Crippen molar-refractivity contribution in [3.8, 4) is 0 Å². The standard InChI is InChI=1S/C10H14O2/c1-7-4-9(3)10(6-12-11)5-8(7)2/h4-5,11H,6H2,1-3H3. The topological polar surface area (TPSA) is 29.5 Å². The third kappa shape index (κ3) is 1.84. The van der Waals surface area contributed by atoms with Gasteiger partial charge in [-0.05, 0) is 43.0 Å². The van der Waals surface area contributed by atoms with E-state index in [0.29, 0.717) is 0 Å². The SMILES string of the molecule is Cc1cc(C)c(COO)cc1C. The first-order valence-electron chi connectivity index (χ1n) is 3.98. The Hall–Kier alpha value is -0.860. The molecular weight excluding hydrogens is 152 g/mol. The normalized spacial score (nSPS) is 10.3. The highest BCUT2D eigenvalue weighted by Gasteiger charge is 2.01. The van der Waals surface area contributed by atoms with Gasteiger partial charge in [0.2, 0.25) is 0 Å². The molecule has 66 valence electrons. The zero-order chi connectivity index (χ0) is 9.14. The molecule has 0 aromatic heterocycles. The third-order valence-corrected chi connectivity index (χ3v) is 2.17. The number of rotatable bonds is 2. The summed E-state index contributed by atoms with van der Waals surface area (Å²) in [7, 11) is 0. The van der Waals surface area contributed by atoms with Crippen LogP contribution in [0, 0.1) is 20.8 Å². The van der Waals surface area contributed by atoms with Gasteiger partial charge in [0.15, 0.2) is 0 Å². The molecule has 0 atom stereocenters. The van der Waals surface area contributed by atoms with Gasteiger partial charge in [-0.1, -0.05) is 12.1 Å². The minimum absolute atomic E-state index is 0.271. The molecule has 0 unspecified atom stereocenters. The molecule has 1 aromatic carbocycles. The molecule has 0 bridgehead atoms. The average molecular weight is 166 g/mol. The van der Waals surface area contributed by atoms with E-state index in [1.165, 1.54) is 11.1 Å². The minimum Gasteiger partial charge on any atom is -0.251 e. The maximum atomic E-state index is 8.30. The van der Waals surface area contributed by atoms with E-state index in [9.17, 15) is 0 Å². The molecule has 2 nitrogen and oxygen atoms in total. The summed E-state index contributed by atoms with van der Waals surface area (Å²) in [5.74, 6) is 0. The minimum atomic E-state index is 0.271. The van der Waals surface area contributed by atoms with Crippen molar-refractivity contribution in [1.82, 2.24) is 0 Å². The van der Waals surface area contributed by atoms with Crippen LogP contribution in [0.4, 0.5) is 0 Å². The van der Waals surface area contributed by atoms with Crippen molar-refractivity contribution in [2.45, 2.75) is 27.4 Å². The van der Waals surface area contributed by atoms with Crippen molar-refractivity contribution in [2.75, 3.05) is 0 Å². The molecule has 2 heteroatoms. The molecule has 0 heterocycles. The zero-order valence-electron chi connectivity index (χ0n) is 7.72. The van der Waals surface area contributed by atoms with Gasteiger partial charge in [-0.3, -0.25) is 5.26 Å². The summed E-state index contributed by atoms with van der Waals surface area (Å²) >= 11 is 0. The molecule has 0 aliphatic carbocycles. The summed E-state index contributed by atoms with van der Waals surface area (Å²) in [5.41, 5.74) is 4.70. The van der Waals surface area contributed by atoms with Crippen molar-refractivity contribution in [3.05, 3.63) is 34.4 Å². The van der Waals surface area contributed by atoms with E-state index in [-0.39, 0.29) is 6.61 Å². The number of hydrogen-bond acceptors (Lipinski definition) is 2. The third-order valence-electron chi connectivity index (χ3n) is 2.17. The Balaban J connectivity index is 3.05. The van der Waals surface area contributed by atoms with Crippen molar-refractivity contribution in [3.63, 3.8) is 0 Å². The van der Waals surface area contributed by atoms with Crippen LogP contribution < -0.4 is 0 Å². The van der Waals surface area contributed by atoms with E-state index in [0.717, 1.165) is 11.1 Å². The molecule has 0 amide bonds. The summed E-state index contributed by atoms with van der Waals surface area (Å²) in [6, 6.07) is 4.14. The van der Waals surface area contributed by atoms with Gasteiger partial charge >= 0.3 is 0 Å². The maximum absolute atomic E-state index is 8.30. The largest absolute Gasteiger partial charge is 0.251 e. The van der Waals surface area contributed by atoms with Crippen LogP contribution in [0.1, 0.15) is 22.3 Å². The Morgan fingerprint density at radius 2 is 1.67 bits per heavy atom. The predicted octanol–water partition coefficient (Wildman–Crippen LogP) is 2.60. The van der Waals surface area contributed by atoms with Crippen molar-refractivity contribution in [1.29, 1.82) is 0 Å². The second kappa shape index (κ2) is 3.70. The van der Waals surface area contributed by atoms with Gasteiger partial charge in [0, 0.05) is 0 Å². The van der Waals surface area contributed by atoms with Gasteiger partial charge in [-0.2, -0.15) is 0 Å². The van der Waals surface area contributed by atoms with Crippen LogP contribution in [0.15, 0.2) is 12.1 Å². The first kappa shape index (κ1) is 9.23. The van der Waals surface area contributed by atoms with Gasteiger partial charge in [-0.15, -0.1) is 0 Å². The number of hydrogen-bond donors (Lipinski definition) is 1. The summed E-state index contributed by atoms with van der Waals surface area (Å²) in [4.78, 5) is 4.10. The molecule has 1 N–H and O–H groups in total. The lowest BCUT2D eigenvalue weighted by Crippen LogP contribution is -1.94. The number of aryl methyl sites for hydroxylation is 3. The van der Waals surface area contributed by atoms with Crippen LogP contribution in [0.25, 0.3) is 0 Å². The summed E-state index contributed by atoms with van der Waals surface area (Å²) in [6.45, 7) is 6.41. The first-order chi connectivity index (χ1) is 5.65. The van der Waals surface area contributed by atoms with Gasteiger partial charge in [0.05, 0.1) is 0 Å². The predicted molar refractivity (Wildman–Crippen MR) is 48.1 cm³/mol. The van der Waals surface area contributed by atoms with E-state index in [2.05, 4.69) is 24.8 Å². The van der Waals surface area contributed by atoms with Crippen LogP contribution in [-0.2, 0) is 11.5 Å². The Bertz CT molecular complexity index is 279. The van der Waals surface area contributed by atoms with Crippen LogP contribution in [0.3, 0.4) is 0 Å². The van der Waals surface area contributed by atoms with E-state index < -0.39 is 0 Å². The van der Waals surface area contributed by atoms with E-state index >= 15 is 0 Å². The van der Waals surface area contributed by atoms with Gasteiger partial charge < -0.3 is 0 Å².